The van der Waals surface area contributed by atoms with Gasteiger partial charge in [-0.1, -0.05) is 19.1 Å². The van der Waals surface area contributed by atoms with Crippen molar-refractivity contribution in [1.29, 1.82) is 0 Å². The molecule has 20 heavy (non-hydrogen) atoms. The van der Waals surface area contributed by atoms with E-state index in [0.717, 1.165) is 30.3 Å². The first-order valence-electron chi connectivity index (χ1n) is 6.78. The van der Waals surface area contributed by atoms with Crippen LogP contribution in [0.4, 0.5) is 15.9 Å². The molecule has 0 saturated heterocycles. The zero-order valence-electron chi connectivity index (χ0n) is 12.2. The van der Waals surface area contributed by atoms with E-state index < -0.39 is 0 Å². The third kappa shape index (κ3) is 3.33. The maximum atomic E-state index is 13.3. The van der Waals surface area contributed by atoms with Crippen LogP contribution in [0.15, 0.2) is 36.4 Å². The minimum absolute atomic E-state index is 0.241. The Morgan fingerprint density at radius 3 is 2.70 bits per heavy atom. The summed E-state index contributed by atoms with van der Waals surface area (Å²) >= 11 is 0. The number of anilines is 2. The van der Waals surface area contributed by atoms with Crippen LogP contribution in [0.5, 0.6) is 0 Å². The summed E-state index contributed by atoms with van der Waals surface area (Å²) in [6.07, 6.45) is 0. The fourth-order valence-corrected chi connectivity index (χ4v) is 2.03. The molecule has 0 spiro atoms. The van der Waals surface area contributed by atoms with Crippen molar-refractivity contribution < 1.29 is 4.39 Å². The molecule has 0 fully saturated rings. The fraction of sp³-hybridized carbons (Fsp3) is 0.312. The number of nitrogens with one attached hydrogen (secondary N) is 1. The van der Waals surface area contributed by atoms with Crippen LogP contribution in [0.1, 0.15) is 18.2 Å². The molecule has 106 valence electrons. The van der Waals surface area contributed by atoms with Crippen LogP contribution < -0.4 is 10.2 Å². The van der Waals surface area contributed by atoms with E-state index in [1.807, 2.05) is 31.0 Å². The Labute approximate surface area is 119 Å². The Hall–Kier alpha value is -1.94. The zero-order valence-corrected chi connectivity index (χ0v) is 12.2. The molecular formula is C16H20FN3. The van der Waals surface area contributed by atoms with Crippen molar-refractivity contribution in [2.75, 3.05) is 18.5 Å². The van der Waals surface area contributed by atoms with E-state index in [2.05, 4.69) is 23.3 Å². The highest BCUT2D eigenvalue weighted by atomic mass is 19.1. The monoisotopic (exact) mass is 273 g/mol. The summed E-state index contributed by atoms with van der Waals surface area (Å²) in [6, 6.07) is 10.5. The van der Waals surface area contributed by atoms with Crippen LogP contribution in [0.2, 0.25) is 0 Å². The van der Waals surface area contributed by atoms with E-state index in [-0.39, 0.29) is 5.82 Å². The van der Waals surface area contributed by atoms with E-state index in [9.17, 15) is 4.39 Å². The normalized spacial score (nSPS) is 10.6. The summed E-state index contributed by atoms with van der Waals surface area (Å²) in [5, 5.41) is 3.29. The van der Waals surface area contributed by atoms with Gasteiger partial charge in [0.1, 0.15) is 11.6 Å². The summed E-state index contributed by atoms with van der Waals surface area (Å²) in [5.41, 5.74) is 2.96. The Balaban J connectivity index is 2.22. The van der Waals surface area contributed by atoms with Crippen LogP contribution in [-0.2, 0) is 6.54 Å². The van der Waals surface area contributed by atoms with Gasteiger partial charge in [-0.3, -0.25) is 0 Å². The van der Waals surface area contributed by atoms with Crippen LogP contribution in [-0.4, -0.2) is 18.6 Å². The summed E-state index contributed by atoms with van der Waals surface area (Å²) in [7, 11) is 1.89. The molecule has 1 aromatic carbocycles. The third-order valence-corrected chi connectivity index (χ3v) is 3.29. The maximum absolute atomic E-state index is 13.3. The predicted molar refractivity (Wildman–Crippen MR) is 80.8 cm³/mol. The molecule has 0 saturated carbocycles. The van der Waals surface area contributed by atoms with Gasteiger partial charge >= 0.3 is 0 Å². The van der Waals surface area contributed by atoms with E-state index in [1.54, 1.807) is 6.07 Å². The first-order valence-corrected chi connectivity index (χ1v) is 6.78. The molecule has 1 N–H and O–H groups in total. The minimum Gasteiger partial charge on any atom is -0.329 e. The molecule has 1 aromatic heterocycles. The third-order valence-electron chi connectivity index (χ3n) is 3.29. The standard InChI is InChI=1S/C16H20FN3/c1-4-18-11-13-8-9-16(19-12(13)2)20(3)15-7-5-6-14(17)10-15/h5-10,18H,4,11H2,1-3H3. The van der Waals surface area contributed by atoms with Gasteiger partial charge in [-0.25, -0.2) is 9.37 Å². The van der Waals surface area contributed by atoms with Crippen molar-refractivity contribution in [3.05, 3.63) is 53.5 Å². The molecule has 3 nitrogen and oxygen atoms in total. The predicted octanol–water partition coefficient (Wildman–Crippen LogP) is 3.41. The lowest BCUT2D eigenvalue weighted by Gasteiger charge is -2.19. The number of aryl methyl sites for hydroxylation is 1. The molecule has 2 rings (SSSR count). The van der Waals surface area contributed by atoms with E-state index >= 15 is 0 Å². The summed E-state index contributed by atoms with van der Waals surface area (Å²) in [4.78, 5) is 6.48. The van der Waals surface area contributed by atoms with E-state index in [4.69, 9.17) is 0 Å². The second-order valence-electron chi connectivity index (χ2n) is 4.73. The Bertz CT molecular complexity index is 584. The Morgan fingerprint density at radius 1 is 1.25 bits per heavy atom. The molecule has 0 unspecified atom stereocenters. The molecule has 1 heterocycles. The first kappa shape index (κ1) is 14.5. The van der Waals surface area contributed by atoms with Gasteiger partial charge < -0.3 is 10.2 Å². The molecule has 0 radical (unpaired) electrons. The molecule has 0 bridgehead atoms. The Morgan fingerprint density at radius 2 is 2.05 bits per heavy atom. The van der Waals surface area contributed by atoms with Crippen LogP contribution >= 0.6 is 0 Å². The van der Waals surface area contributed by atoms with Crippen molar-refractivity contribution in [1.82, 2.24) is 10.3 Å². The molecule has 0 aliphatic rings. The summed E-state index contributed by atoms with van der Waals surface area (Å²) in [6.45, 7) is 5.83. The number of rotatable bonds is 5. The van der Waals surface area contributed by atoms with Crippen LogP contribution in [0.3, 0.4) is 0 Å². The van der Waals surface area contributed by atoms with Gasteiger partial charge in [-0.2, -0.15) is 0 Å². The number of nitrogens with zero attached hydrogens (tertiary/aromatic N) is 2. The van der Waals surface area contributed by atoms with Gasteiger partial charge in [0.2, 0.25) is 0 Å². The summed E-state index contributed by atoms with van der Waals surface area (Å²) in [5.74, 6) is 0.572. The Kier molecular flexibility index (Phi) is 4.69. The molecule has 4 heteroatoms. The SMILES string of the molecule is CCNCc1ccc(N(C)c2cccc(F)c2)nc1C. The van der Waals surface area contributed by atoms with Gasteiger partial charge in [-0.15, -0.1) is 0 Å². The van der Waals surface area contributed by atoms with Crippen molar-refractivity contribution in [3.8, 4) is 0 Å². The molecule has 0 amide bonds. The molecule has 0 aliphatic carbocycles. The lowest BCUT2D eigenvalue weighted by atomic mass is 10.2. The highest BCUT2D eigenvalue weighted by Crippen LogP contribution is 2.23. The second kappa shape index (κ2) is 6.48. The van der Waals surface area contributed by atoms with Crippen molar-refractivity contribution in [2.24, 2.45) is 0 Å². The highest BCUT2D eigenvalue weighted by molar-refractivity contribution is 5.59. The topological polar surface area (TPSA) is 28.2 Å². The largest absolute Gasteiger partial charge is 0.329 e. The van der Waals surface area contributed by atoms with Crippen molar-refractivity contribution in [2.45, 2.75) is 20.4 Å². The van der Waals surface area contributed by atoms with Gasteiger partial charge in [0.05, 0.1) is 0 Å². The van der Waals surface area contributed by atoms with Gasteiger partial charge in [0, 0.05) is 25.0 Å². The average Bonchev–Trinajstić information content (AvgIpc) is 2.45. The van der Waals surface area contributed by atoms with Crippen molar-refractivity contribution >= 4 is 11.5 Å². The van der Waals surface area contributed by atoms with Gasteiger partial charge in [-0.05, 0) is 43.3 Å². The van der Waals surface area contributed by atoms with E-state index in [1.165, 1.54) is 17.7 Å². The number of benzene rings is 1. The number of aromatic nitrogens is 1. The molecule has 2 aromatic rings. The molecular weight excluding hydrogens is 253 g/mol. The summed E-state index contributed by atoms with van der Waals surface area (Å²) < 4.78 is 13.3. The minimum atomic E-state index is -0.241. The lowest BCUT2D eigenvalue weighted by molar-refractivity contribution is 0.628. The first-order chi connectivity index (χ1) is 9.61. The van der Waals surface area contributed by atoms with Crippen molar-refractivity contribution in [3.63, 3.8) is 0 Å². The fourth-order valence-electron chi connectivity index (χ4n) is 2.03. The zero-order chi connectivity index (χ0) is 14.5. The molecule has 0 atom stereocenters. The quantitative estimate of drug-likeness (QED) is 0.905. The molecule has 0 aliphatic heterocycles. The number of hydrogen-bond donors (Lipinski definition) is 1. The smallest absolute Gasteiger partial charge is 0.132 e. The van der Waals surface area contributed by atoms with Gasteiger partial charge in [0.25, 0.3) is 0 Å². The average molecular weight is 273 g/mol. The number of halogens is 1. The lowest BCUT2D eigenvalue weighted by Crippen LogP contribution is -2.15. The second-order valence-corrected chi connectivity index (χ2v) is 4.73. The number of hydrogen-bond acceptors (Lipinski definition) is 3. The maximum Gasteiger partial charge on any atom is 0.132 e. The van der Waals surface area contributed by atoms with E-state index in [0.29, 0.717) is 0 Å². The van der Waals surface area contributed by atoms with Crippen LogP contribution in [0.25, 0.3) is 0 Å². The number of pyridine rings is 1. The van der Waals surface area contributed by atoms with Crippen LogP contribution in [0, 0.1) is 12.7 Å². The highest BCUT2D eigenvalue weighted by Gasteiger charge is 2.08. The van der Waals surface area contributed by atoms with Gasteiger partial charge in [0.15, 0.2) is 0 Å².